The smallest absolute Gasteiger partial charge is 0.133 e. The van der Waals surface area contributed by atoms with Gasteiger partial charge in [0.25, 0.3) is 0 Å². The van der Waals surface area contributed by atoms with Gasteiger partial charge in [0.1, 0.15) is 11.6 Å². The van der Waals surface area contributed by atoms with Gasteiger partial charge >= 0.3 is 0 Å². The molecular formula is C17H26N4O. The van der Waals surface area contributed by atoms with Gasteiger partial charge in [-0.3, -0.25) is 4.90 Å². The fourth-order valence-corrected chi connectivity index (χ4v) is 3.71. The minimum Gasteiger partial charge on any atom is -0.374 e. The number of aryl methyl sites for hydroxylation is 2. The van der Waals surface area contributed by atoms with Gasteiger partial charge in [0, 0.05) is 36.9 Å². The summed E-state index contributed by atoms with van der Waals surface area (Å²) in [6, 6.07) is 0.834. The molecule has 5 heteroatoms. The third kappa shape index (κ3) is 3.10. The van der Waals surface area contributed by atoms with Crippen molar-refractivity contribution in [3.8, 4) is 0 Å². The van der Waals surface area contributed by atoms with Crippen molar-refractivity contribution in [2.45, 2.75) is 57.6 Å². The molecule has 0 aromatic carbocycles. The first-order valence-corrected chi connectivity index (χ1v) is 8.75. The van der Waals surface area contributed by atoms with Gasteiger partial charge in [-0.05, 0) is 45.4 Å². The number of hydrogen-bond acceptors (Lipinski definition) is 5. The molecule has 1 N–H and O–H groups in total. The topological polar surface area (TPSA) is 50.3 Å². The lowest BCUT2D eigenvalue weighted by atomic mass is 9.96. The van der Waals surface area contributed by atoms with Crippen LogP contribution in [0, 0.1) is 6.92 Å². The first-order chi connectivity index (χ1) is 10.8. The van der Waals surface area contributed by atoms with Gasteiger partial charge in [-0.25, -0.2) is 9.97 Å². The van der Waals surface area contributed by atoms with Crippen molar-refractivity contribution < 1.29 is 4.74 Å². The molecular weight excluding hydrogens is 276 g/mol. The first-order valence-electron chi connectivity index (χ1n) is 8.75. The molecule has 0 spiro atoms. The van der Waals surface area contributed by atoms with Crippen LogP contribution in [0.5, 0.6) is 0 Å². The predicted octanol–water partition coefficient (Wildman–Crippen LogP) is 1.94. The van der Waals surface area contributed by atoms with Crippen LogP contribution < -0.4 is 5.32 Å². The van der Waals surface area contributed by atoms with Crippen LogP contribution in [0.1, 0.15) is 42.8 Å². The van der Waals surface area contributed by atoms with Crippen LogP contribution in [0.15, 0.2) is 0 Å². The summed E-state index contributed by atoms with van der Waals surface area (Å²) in [6.07, 6.45) is 7.75. The minimum absolute atomic E-state index is 0.281. The molecule has 3 aliphatic rings. The van der Waals surface area contributed by atoms with E-state index in [9.17, 15) is 0 Å². The van der Waals surface area contributed by atoms with E-state index in [1.807, 2.05) is 6.92 Å². The molecule has 1 aromatic rings. The number of nitrogens with one attached hydrogen (secondary N) is 1. The molecule has 1 aliphatic heterocycles. The molecule has 0 bridgehead atoms. The quantitative estimate of drug-likeness (QED) is 0.921. The summed E-state index contributed by atoms with van der Waals surface area (Å²) in [4.78, 5) is 11.9. The SMILES string of the molecule is Cc1nc2c(c(NCC3CN(C4CC4)CCO3)n1)CCCC2. The molecule has 120 valence electrons. The highest BCUT2D eigenvalue weighted by Crippen LogP contribution is 2.29. The third-order valence-electron chi connectivity index (χ3n) is 5.03. The molecule has 2 heterocycles. The summed E-state index contributed by atoms with van der Waals surface area (Å²) in [6.45, 7) is 5.87. The van der Waals surface area contributed by atoms with Gasteiger partial charge in [0.15, 0.2) is 0 Å². The van der Waals surface area contributed by atoms with Crippen molar-refractivity contribution in [1.29, 1.82) is 0 Å². The van der Waals surface area contributed by atoms with E-state index in [2.05, 4.69) is 20.2 Å². The Morgan fingerprint density at radius 2 is 2.09 bits per heavy atom. The molecule has 1 saturated heterocycles. The minimum atomic E-state index is 0.281. The van der Waals surface area contributed by atoms with Gasteiger partial charge in [-0.1, -0.05) is 0 Å². The van der Waals surface area contributed by atoms with Crippen molar-refractivity contribution in [1.82, 2.24) is 14.9 Å². The van der Waals surface area contributed by atoms with Crippen LogP contribution in [0.25, 0.3) is 0 Å². The summed E-state index contributed by atoms with van der Waals surface area (Å²) < 4.78 is 5.93. The number of morpholine rings is 1. The van der Waals surface area contributed by atoms with Crippen molar-refractivity contribution in [3.05, 3.63) is 17.1 Å². The number of nitrogens with zero attached hydrogens (tertiary/aromatic N) is 3. The summed E-state index contributed by atoms with van der Waals surface area (Å²) >= 11 is 0. The van der Waals surface area contributed by atoms with Crippen molar-refractivity contribution in [3.63, 3.8) is 0 Å². The Bertz CT molecular complexity index is 544. The lowest BCUT2D eigenvalue weighted by molar-refractivity contribution is -0.0241. The second kappa shape index (κ2) is 6.13. The van der Waals surface area contributed by atoms with Gasteiger partial charge in [-0.2, -0.15) is 0 Å². The van der Waals surface area contributed by atoms with Crippen molar-refractivity contribution in [2.75, 3.05) is 31.6 Å². The molecule has 0 radical (unpaired) electrons. The number of fused-ring (bicyclic) bond motifs is 1. The Morgan fingerprint density at radius 3 is 2.95 bits per heavy atom. The van der Waals surface area contributed by atoms with E-state index < -0.39 is 0 Å². The van der Waals surface area contributed by atoms with Crippen LogP contribution >= 0.6 is 0 Å². The van der Waals surface area contributed by atoms with E-state index in [0.29, 0.717) is 0 Å². The molecule has 4 rings (SSSR count). The number of anilines is 1. The monoisotopic (exact) mass is 302 g/mol. The molecule has 22 heavy (non-hydrogen) atoms. The predicted molar refractivity (Wildman–Crippen MR) is 86.2 cm³/mol. The Balaban J connectivity index is 1.41. The fourth-order valence-electron chi connectivity index (χ4n) is 3.71. The second-order valence-electron chi connectivity index (χ2n) is 6.85. The molecule has 2 aliphatic carbocycles. The van der Waals surface area contributed by atoms with Crippen LogP contribution in [0.2, 0.25) is 0 Å². The highest BCUT2D eigenvalue weighted by Gasteiger charge is 2.33. The molecule has 0 amide bonds. The summed E-state index contributed by atoms with van der Waals surface area (Å²) in [5, 5.41) is 3.56. The Hall–Kier alpha value is -1.20. The molecule has 1 aromatic heterocycles. The van der Waals surface area contributed by atoms with Crippen LogP contribution in [-0.4, -0.2) is 53.3 Å². The lowest BCUT2D eigenvalue weighted by Crippen LogP contribution is -2.46. The first kappa shape index (κ1) is 14.4. The van der Waals surface area contributed by atoms with E-state index in [-0.39, 0.29) is 6.10 Å². The average molecular weight is 302 g/mol. The average Bonchev–Trinajstić information content (AvgIpc) is 3.37. The molecule has 1 saturated carbocycles. The summed E-state index contributed by atoms with van der Waals surface area (Å²) in [7, 11) is 0. The van der Waals surface area contributed by atoms with Crippen LogP contribution in [-0.2, 0) is 17.6 Å². The summed E-state index contributed by atoms with van der Waals surface area (Å²) in [5.41, 5.74) is 2.59. The Labute approximate surface area is 132 Å². The van der Waals surface area contributed by atoms with Gasteiger partial charge < -0.3 is 10.1 Å². The maximum atomic E-state index is 5.93. The fraction of sp³-hybridized carbons (Fsp3) is 0.765. The number of rotatable bonds is 4. The van der Waals surface area contributed by atoms with Crippen LogP contribution in [0.3, 0.4) is 0 Å². The highest BCUT2D eigenvalue weighted by atomic mass is 16.5. The second-order valence-corrected chi connectivity index (χ2v) is 6.85. The zero-order valence-corrected chi connectivity index (χ0v) is 13.5. The standard InChI is InChI=1S/C17H26N4O/c1-12-19-16-5-3-2-4-15(16)17(20-12)18-10-14-11-21(8-9-22-14)13-6-7-13/h13-14H,2-11H2,1H3,(H,18,19,20). The molecule has 5 nitrogen and oxygen atoms in total. The maximum Gasteiger partial charge on any atom is 0.133 e. The lowest BCUT2D eigenvalue weighted by Gasteiger charge is -2.33. The van der Waals surface area contributed by atoms with E-state index in [1.54, 1.807) is 0 Å². The van der Waals surface area contributed by atoms with E-state index in [0.717, 1.165) is 56.8 Å². The molecule has 1 unspecified atom stereocenters. The Kier molecular flexibility index (Phi) is 4.01. The van der Waals surface area contributed by atoms with Gasteiger partial charge in [-0.15, -0.1) is 0 Å². The largest absolute Gasteiger partial charge is 0.374 e. The number of hydrogen-bond donors (Lipinski definition) is 1. The maximum absolute atomic E-state index is 5.93. The van der Waals surface area contributed by atoms with Crippen LogP contribution in [0.4, 0.5) is 5.82 Å². The zero-order valence-electron chi connectivity index (χ0n) is 13.5. The molecule has 1 atom stereocenters. The van der Waals surface area contributed by atoms with E-state index in [1.165, 1.54) is 36.9 Å². The number of ether oxygens (including phenoxy) is 1. The number of aromatic nitrogens is 2. The summed E-state index contributed by atoms with van der Waals surface area (Å²) in [5.74, 6) is 1.93. The van der Waals surface area contributed by atoms with Crippen molar-refractivity contribution >= 4 is 5.82 Å². The Morgan fingerprint density at radius 1 is 1.23 bits per heavy atom. The van der Waals surface area contributed by atoms with E-state index in [4.69, 9.17) is 4.74 Å². The van der Waals surface area contributed by atoms with Gasteiger partial charge in [0.05, 0.1) is 12.7 Å². The highest BCUT2D eigenvalue weighted by molar-refractivity contribution is 5.48. The zero-order chi connectivity index (χ0) is 14.9. The normalized spacial score (nSPS) is 25.8. The van der Waals surface area contributed by atoms with E-state index >= 15 is 0 Å². The van der Waals surface area contributed by atoms with Crippen molar-refractivity contribution in [2.24, 2.45) is 0 Å². The molecule has 2 fully saturated rings. The van der Waals surface area contributed by atoms with Gasteiger partial charge in [0.2, 0.25) is 0 Å². The third-order valence-corrected chi connectivity index (χ3v) is 5.03.